The minimum Gasteiger partial charge on any atom is -0.457 e. The van der Waals surface area contributed by atoms with Gasteiger partial charge >= 0.3 is 0 Å². The van der Waals surface area contributed by atoms with E-state index in [9.17, 15) is 14.0 Å². The van der Waals surface area contributed by atoms with E-state index >= 15 is 0 Å². The summed E-state index contributed by atoms with van der Waals surface area (Å²) in [5, 5.41) is 6.19. The molecule has 0 spiro atoms. The number of benzene rings is 3. The highest BCUT2D eigenvalue weighted by Crippen LogP contribution is 2.24. The number of carbonyl (C=O) groups excluding carboxylic acids is 2. The van der Waals surface area contributed by atoms with Crippen LogP contribution in [0.15, 0.2) is 72.8 Å². The molecule has 0 radical (unpaired) electrons. The number of ether oxygens (including phenoxy) is 1. The molecule has 0 saturated carbocycles. The highest BCUT2D eigenvalue weighted by atomic mass is 19.1. The molecule has 0 aliphatic carbocycles. The number of carbonyl (C=O) groups is 2. The van der Waals surface area contributed by atoms with Crippen LogP contribution in [-0.4, -0.2) is 37.4 Å². The fraction of sp³-hybridized carbons (Fsp3) is 0.231. The molecule has 7 heteroatoms. The maximum absolute atomic E-state index is 13.0. The van der Waals surface area contributed by atoms with Gasteiger partial charge in [-0.1, -0.05) is 0 Å². The van der Waals surface area contributed by atoms with Gasteiger partial charge in [-0.2, -0.15) is 0 Å². The summed E-state index contributed by atoms with van der Waals surface area (Å²) in [4.78, 5) is 26.0. The largest absolute Gasteiger partial charge is 0.457 e. The van der Waals surface area contributed by atoms with Gasteiger partial charge in [0.15, 0.2) is 0 Å². The Labute approximate surface area is 192 Å². The average molecular weight is 448 g/mol. The molecular formula is C26H26FN3O3. The molecule has 1 fully saturated rings. The van der Waals surface area contributed by atoms with Gasteiger partial charge in [0.25, 0.3) is 5.91 Å². The molecule has 4 rings (SSSR count). The van der Waals surface area contributed by atoms with E-state index in [2.05, 4.69) is 15.5 Å². The predicted molar refractivity (Wildman–Crippen MR) is 127 cm³/mol. The van der Waals surface area contributed by atoms with Crippen molar-refractivity contribution in [3.05, 3.63) is 84.2 Å². The number of anilines is 2. The van der Waals surface area contributed by atoms with Gasteiger partial charge in [-0.05, 0) is 86.1 Å². The molecular weight excluding hydrogens is 421 g/mol. The molecule has 170 valence electrons. The molecule has 2 N–H and O–H groups in total. The van der Waals surface area contributed by atoms with E-state index in [-0.39, 0.29) is 17.5 Å². The van der Waals surface area contributed by atoms with Gasteiger partial charge < -0.3 is 20.3 Å². The highest BCUT2D eigenvalue weighted by molar-refractivity contribution is 6.04. The number of nitrogens with one attached hydrogen (secondary N) is 2. The lowest BCUT2D eigenvalue weighted by Gasteiger charge is -2.19. The van der Waals surface area contributed by atoms with Crippen molar-refractivity contribution >= 4 is 23.1 Å². The maximum atomic E-state index is 13.0. The third-order valence-electron chi connectivity index (χ3n) is 5.48. The SMILES string of the molecule is CC(=O)CNC1CCN(c2ccc(NC(=O)c3ccc(Oc4ccc(F)cc4)cc3)cc2)C1. The van der Waals surface area contributed by atoms with Crippen molar-refractivity contribution in [2.24, 2.45) is 0 Å². The van der Waals surface area contributed by atoms with Crippen LogP contribution in [0, 0.1) is 5.82 Å². The molecule has 1 aliphatic rings. The number of halogens is 1. The summed E-state index contributed by atoms with van der Waals surface area (Å²) < 4.78 is 18.7. The fourth-order valence-corrected chi connectivity index (χ4v) is 3.72. The minimum absolute atomic E-state index is 0.142. The summed E-state index contributed by atoms with van der Waals surface area (Å²) in [6, 6.07) is 20.6. The van der Waals surface area contributed by atoms with Crippen LogP contribution >= 0.6 is 0 Å². The van der Waals surface area contributed by atoms with E-state index in [0.29, 0.717) is 35.3 Å². The third-order valence-corrected chi connectivity index (χ3v) is 5.48. The smallest absolute Gasteiger partial charge is 0.255 e. The summed E-state index contributed by atoms with van der Waals surface area (Å²) >= 11 is 0. The maximum Gasteiger partial charge on any atom is 0.255 e. The summed E-state index contributed by atoms with van der Waals surface area (Å²) in [7, 11) is 0. The van der Waals surface area contributed by atoms with Crippen LogP contribution in [0.25, 0.3) is 0 Å². The Bertz CT molecular complexity index is 1100. The Kier molecular flexibility index (Phi) is 7.00. The lowest BCUT2D eigenvalue weighted by molar-refractivity contribution is -0.116. The van der Waals surface area contributed by atoms with Crippen LogP contribution in [0.3, 0.4) is 0 Å². The van der Waals surface area contributed by atoms with E-state index in [0.717, 1.165) is 25.2 Å². The fourth-order valence-electron chi connectivity index (χ4n) is 3.72. The molecule has 3 aromatic carbocycles. The molecule has 1 unspecified atom stereocenters. The summed E-state index contributed by atoms with van der Waals surface area (Å²) in [5.41, 5.74) is 2.30. The van der Waals surface area contributed by atoms with Crippen LogP contribution in [0.2, 0.25) is 0 Å². The Morgan fingerprint density at radius 1 is 0.970 bits per heavy atom. The summed E-state index contributed by atoms with van der Waals surface area (Å²) in [5.74, 6) is 0.680. The average Bonchev–Trinajstić information content (AvgIpc) is 3.29. The van der Waals surface area contributed by atoms with Crippen LogP contribution in [0.4, 0.5) is 15.8 Å². The molecule has 6 nitrogen and oxygen atoms in total. The normalized spacial score (nSPS) is 15.3. The van der Waals surface area contributed by atoms with Crippen LogP contribution in [0.5, 0.6) is 11.5 Å². The molecule has 3 aromatic rings. The van der Waals surface area contributed by atoms with Gasteiger partial charge in [0.05, 0.1) is 6.54 Å². The van der Waals surface area contributed by atoms with E-state index in [4.69, 9.17) is 4.74 Å². The number of Topliss-reactive ketones (excluding diaryl/α,β-unsaturated/α-hetero) is 1. The van der Waals surface area contributed by atoms with Crippen LogP contribution in [0.1, 0.15) is 23.7 Å². The molecule has 1 amide bonds. The Morgan fingerprint density at radius 3 is 2.24 bits per heavy atom. The molecule has 33 heavy (non-hydrogen) atoms. The first-order chi connectivity index (χ1) is 16.0. The second kappa shape index (κ2) is 10.3. The predicted octanol–water partition coefficient (Wildman–Crippen LogP) is 4.63. The van der Waals surface area contributed by atoms with Crippen molar-refractivity contribution in [3.8, 4) is 11.5 Å². The van der Waals surface area contributed by atoms with Gasteiger partial charge in [0, 0.05) is 36.1 Å². The summed E-state index contributed by atoms with van der Waals surface area (Å²) in [6.07, 6.45) is 0.993. The standard InChI is InChI=1S/C26H26FN3O3/c1-18(31)16-28-22-14-15-30(17-22)23-8-6-21(7-9-23)29-26(32)19-2-10-24(11-3-19)33-25-12-4-20(27)5-13-25/h2-13,22,28H,14-17H2,1H3,(H,29,32). The van der Waals surface area contributed by atoms with Crippen molar-refractivity contribution in [3.63, 3.8) is 0 Å². The van der Waals surface area contributed by atoms with Crippen LogP contribution in [-0.2, 0) is 4.79 Å². The first-order valence-electron chi connectivity index (χ1n) is 10.9. The zero-order valence-electron chi connectivity index (χ0n) is 18.4. The molecule has 1 heterocycles. The van der Waals surface area contributed by atoms with Crippen molar-refractivity contribution in [2.75, 3.05) is 29.9 Å². The molecule has 1 atom stereocenters. The van der Waals surface area contributed by atoms with E-state index < -0.39 is 0 Å². The van der Waals surface area contributed by atoms with Gasteiger partial charge in [-0.3, -0.25) is 9.59 Å². The quantitative estimate of drug-likeness (QED) is 0.527. The van der Waals surface area contributed by atoms with E-state index in [1.54, 1.807) is 43.3 Å². The Morgan fingerprint density at radius 2 is 1.61 bits per heavy atom. The summed E-state index contributed by atoms with van der Waals surface area (Å²) in [6.45, 7) is 3.77. The second-order valence-electron chi connectivity index (χ2n) is 8.10. The Hall–Kier alpha value is -3.71. The number of hydrogen-bond acceptors (Lipinski definition) is 5. The molecule has 1 aliphatic heterocycles. The van der Waals surface area contributed by atoms with Crippen molar-refractivity contribution in [1.82, 2.24) is 5.32 Å². The first kappa shape index (κ1) is 22.5. The first-order valence-corrected chi connectivity index (χ1v) is 10.9. The minimum atomic E-state index is -0.325. The van der Waals surface area contributed by atoms with Gasteiger partial charge in [0.2, 0.25) is 0 Å². The number of nitrogens with zero attached hydrogens (tertiary/aromatic N) is 1. The lowest BCUT2D eigenvalue weighted by Crippen LogP contribution is -2.35. The zero-order valence-corrected chi connectivity index (χ0v) is 18.4. The van der Waals surface area contributed by atoms with Gasteiger partial charge in [0.1, 0.15) is 23.1 Å². The molecule has 0 bridgehead atoms. The van der Waals surface area contributed by atoms with Crippen molar-refractivity contribution in [1.29, 1.82) is 0 Å². The lowest BCUT2D eigenvalue weighted by atomic mass is 10.2. The highest BCUT2D eigenvalue weighted by Gasteiger charge is 2.22. The zero-order chi connectivity index (χ0) is 23.2. The molecule has 0 aromatic heterocycles. The Balaban J connectivity index is 1.30. The molecule has 1 saturated heterocycles. The van der Waals surface area contributed by atoms with Gasteiger partial charge in [-0.15, -0.1) is 0 Å². The van der Waals surface area contributed by atoms with Crippen LogP contribution < -0.4 is 20.3 Å². The monoisotopic (exact) mass is 447 g/mol. The van der Waals surface area contributed by atoms with E-state index in [1.165, 1.54) is 12.1 Å². The van der Waals surface area contributed by atoms with E-state index in [1.807, 2.05) is 24.3 Å². The third kappa shape index (κ3) is 6.17. The topological polar surface area (TPSA) is 70.7 Å². The van der Waals surface area contributed by atoms with Gasteiger partial charge in [-0.25, -0.2) is 4.39 Å². The number of hydrogen-bond donors (Lipinski definition) is 2. The number of rotatable bonds is 8. The number of ketones is 1. The van der Waals surface area contributed by atoms with Crippen molar-refractivity contribution < 1.29 is 18.7 Å². The van der Waals surface area contributed by atoms with Crippen molar-refractivity contribution in [2.45, 2.75) is 19.4 Å². The second-order valence-corrected chi connectivity index (χ2v) is 8.10. The number of amides is 1.